The van der Waals surface area contributed by atoms with Crippen molar-refractivity contribution in [2.24, 2.45) is 0 Å². The van der Waals surface area contributed by atoms with Crippen molar-refractivity contribution in [2.45, 2.75) is 88.1 Å². The molecule has 1 unspecified atom stereocenters. The summed E-state index contributed by atoms with van der Waals surface area (Å²) in [5.74, 6) is 1.18. The molecule has 0 bridgehead atoms. The van der Waals surface area contributed by atoms with E-state index in [4.69, 9.17) is 0 Å². The molecular weight excluding hydrogens is 530 g/mol. The Hall–Kier alpha value is -1.50. The highest BCUT2D eigenvalue weighted by molar-refractivity contribution is 9.09. The van der Waals surface area contributed by atoms with Crippen molar-refractivity contribution in [1.29, 1.82) is 0 Å². The summed E-state index contributed by atoms with van der Waals surface area (Å²) in [4.78, 5) is 16.1. The number of halogens is 1. The molecule has 198 valence electrons. The molecule has 2 aromatic rings. The monoisotopic (exact) mass is 573 g/mol. The van der Waals surface area contributed by atoms with Gasteiger partial charge in [-0.2, -0.15) is 0 Å². The molecule has 0 fully saturated rings. The Balaban J connectivity index is 1.99. The fourth-order valence-electron chi connectivity index (χ4n) is 4.92. The third-order valence-electron chi connectivity index (χ3n) is 7.08. The molecule has 0 radical (unpaired) electrons. The quantitative estimate of drug-likeness (QED) is 0.187. The van der Waals surface area contributed by atoms with Gasteiger partial charge in [-0.25, -0.2) is 0 Å². The summed E-state index contributed by atoms with van der Waals surface area (Å²) in [7, 11) is 4.21. The van der Waals surface area contributed by atoms with E-state index in [0.29, 0.717) is 6.42 Å². The highest BCUT2D eigenvalue weighted by atomic mass is 79.9. The zero-order valence-corrected chi connectivity index (χ0v) is 24.9. The van der Waals surface area contributed by atoms with Crippen molar-refractivity contribution in [3.63, 3.8) is 0 Å². The molecule has 1 aliphatic heterocycles. The van der Waals surface area contributed by atoms with Gasteiger partial charge in [-0.3, -0.25) is 10.1 Å². The first kappa shape index (κ1) is 29.1. The first-order valence-electron chi connectivity index (χ1n) is 13.6. The first-order chi connectivity index (χ1) is 17.4. The molecule has 0 saturated heterocycles. The van der Waals surface area contributed by atoms with Gasteiger partial charge in [0.05, 0.1) is 6.04 Å². The highest BCUT2D eigenvalue weighted by Gasteiger charge is 2.36. The van der Waals surface area contributed by atoms with E-state index in [1.54, 1.807) is 0 Å². The van der Waals surface area contributed by atoms with E-state index >= 15 is 0 Å². The molecule has 2 N–H and O–H groups in total. The van der Waals surface area contributed by atoms with E-state index < -0.39 is 0 Å². The Labute approximate surface area is 231 Å². The van der Waals surface area contributed by atoms with Crippen LogP contribution in [0.5, 0.6) is 0 Å². The van der Waals surface area contributed by atoms with Crippen LogP contribution in [0.25, 0.3) is 0 Å². The summed E-state index contributed by atoms with van der Waals surface area (Å²) in [5.41, 5.74) is 4.74. The van der Waals surface area contributed by atoms with Crippen LogP contribution >= 0.6 is 27.7 Å². The number of hydrogen-bond acceptors (Lipinski definition) is 4. The molecule has 4 nitrogen and oxygen atoms in total. The molecule has 0 aromatic heterocycles. The van der Waals surface area contributed by atoms with Crippen LogP contribution in [0.4, 0.5) is 11.4 Å². The second kappa shape index (κ2) is 14.4. The lowest BCUT2D eigenvalue weighted by molar-refractivity contribution is -0.116. The summed E-state index contributed by atoms with van der Waals surface area (Å²) in [6, 6.07) is 15.4. The number of unbranched alkanes of at least 4 members (excludes halogenated alkanes) is 3. The topological polar surface area (TPSA) is 44.4 Å². The van der Waals surface area contributed by atoms with Crippen molar-refractivity contribution in [1.82, 2.24) is 5.32 Å². The van der Waals surface area contributed by atoms with Gasteiger partial charge in [0.15, 0.2) is 0 Å². The van der Waals surface area contributed by atoms with Gasteiger partial charge in [0.25, 0.3) is 0 Å². The number of nitrogens with one attached hydrogen (secondary N) is 2. The lowest BCUT2D eigenvalue weighted by atomic mass is 9.86. The molecule has 1 aliphatic rings. The molecule has 0 spiro atoms. The molecule has 36 heavy (non-hydrogen) atoms. The van der Waals surface area contributed by atoms with Crippen LogP contribution in [0.15, 0.2) is 47.4 Å². The number of carbonyl (C=O) groups excluding carboxylic acids is 1. The predicted molar refractivity (Wildman–Crippen MR) is 161 cm³/mol. The summed E-state index contributed by atoms with van der Waals surface area (Å²) in [6.45, 7) is 4.58. The van der Waals surface area contributed by atoms with Gasteiger partial charge in [-0.1, -0.05) is 67.6 Å². The second-order valence-electron chi connectivity index (χ2n) is 10.3. The van der Waals surface area contributed by atoms with E-state index in [0.717, 1.165) is 29.6 Å². The normalized spacial score (nSPS) is 16.8. The third-order valence-corrected chi connectivity index (χ3v) is 9.02. The van der Waals surface area contributed by atoms with Crippen LogP contribution in [0.3, 0.4) is 0 Å². The van der Waals surface area contributed by atoms with Gasteiger partial charge in [-0.05, 0) is 67.1 Å². The summed E-state index contributed by atoms with van der Waals surface area (Å²) in [5, 5.41) is 8.28. The maximum absolute atomic E-state index is 12.5. The average molecular weight is 575 g/mol. The lowest BCUT2D eigenvalue weighted by Gasteiger charge is -2.37. The molecule has 0 aliphatic carbocycles. The molecule has 1 amide bonds. The Morgan fingerprint density at radius 1 is 1.08 bits per heavy atom. The summed E-state index contributed by atoms with van der Waals surface area (Å²) < 4.78 is 0. The first-order valence-corrected chi connectivity index (χ1v) is 15.7. The molecule has 6 heteroatoms. The van der Waals surface area contributed by atoms with Crippen molar-refractivity contribution in [3.8, 4) is 0 Å². The smallest absolute Gasteiger partial charge is 0.224 e. The number of anilines is 2. The maximum Gasteiger partial charge on any atom is 0.224 e. The number of nitrogens with zero attached hydrogens (tertiary/aromatic N) is 1. The predicted octanol–water partition coefficient (Wildman–Crippen LogP) is 8.16. The lowest BCUT2D eigenvalue weighted by Crippen LogP contribution is -2.48. The van der Waals surface area contributed by atoms with E-state index in [-0.39, 0.29) is 17.5 Å². The minimum Gasteiger partial charge on any atom is -0.378 e. The van der Waals surface area contributed by atoms with Crippen LogP contribution in [0, 0.1) is 0 Å². The van der Waals surface area contributed by atoms with Crippen molar-refractivity contribution >= 4 is 45.0 Å². The third kappa shape index (κ3) is 8.00. The van der Waals surface area contributed by atoms with Crippen molar-refractivity contribution < 1.29 is 4.79 Å². The number of alkyl halides is 1. The van der Waals surface area contributed by atoms with Gasteiger partial charge in [0.1, 0.15) is 0 Å². The van der Waals surface area contributed by atoms with E-state index in [1.807, 2.05) is 17.8 Å². The molecule has 0 saturated carbocycles. The zero-order valence-electron chi connectivity index (χ0n) is 22.5. The van der Waals surface area contributed by atoms with Crippen molar-refractivity contribution in [3.05, 3.63) is 53.6 Å². The number of thioether (sulfide) groups is 1. The number of benzene rings is 2. The molecular formula is C30H44BrN3OS. The number of rotatable bonds is 13. The molecule has 3 rings (SSSR count). The Morgan fingerprint density at radius 3 is 2.50 bits per heavy atom. The Morgan fingerprint density at radius 2 is 1.83 bits per heavy atom. The number of carbonyl (C=O) groups is 1. The molecule has 1 atom stereocenters. The summed E-state index contributed by atoms with van der Waals surface area (Å²) >= 11 is 5.46. The van der Waals surface area contributed by atoms with Gasteiger partial charge in [0, 0.05) is 53.4 Å². The van der Waals surface area contributed by atoms with Gasteiger partial charge in [0.2, 0.25) is 5.91 Å². The van der Waals surface area contributed by atoms with Gasteiger partial charge < -0.3 is 10.2 Å². The van der Waals surface area contributed by atoms with E-state index in [9.17, 15) is 4.79 Å². The van der Waals surface area contributed by atoms with Crippen LogP contribution in [-0.4, -0.2) is 36.6 Å². The van der Waals surface area contributed by atoms with Crippen LogP contribution in [0.2, 0.25) is 0 Å². The Kier molecular flexibility index (Phi) is 11.7. The number of hydrogen-bond donors (Lipinski definition) is 2. The van der Waals surface area contributed by atoms with Gasteiger partial charge in [-0.15, -0.1) is 11.8 Å². The van der Waals surface area contributed by atoms with Gasteiger partial charge >= 0.3 is 0 Å². The fraction of sp³-hybridized carbons (Fsp3) is 0.567. The maximum atomic E-state index is 12.5. The minimum absolute atomic E-state index is 0.0776. The zero-order chi connectivity index (χ0) is 26.0. The van der Waals surface area contributed by atoms with E-state index in [2.05, 4.69) is 95.8 Å². The average Bonchev–Trinajstić information content (AvgIpc) is 3.04. The van der Waals surface area contributed by atoms with Crippen molar-refractivity contribution in [2.75, 3.05) is 35.4 Å². The second-order valence-corrected chi connectivity index (χ2v) is 12.1. The standard InChI is InChI=1S/C30H44BrN3OS/c1-5-7-17-30(18-8-6-2)22-36-27-16-15-25(34(3)4)21-26(27)29(33-30)23-12-11-13-24(20-23)32-28(35)14-9-10-19-31/h11-13,15-16,20-21,29,33H,5-10,14,17-19,22H2,1-4H3,(H,32,35). The Bertz CT molecular complexity index is 972. The largest absolute Gasteiger partial charge is 0.378 e. The van der Waals surface area contributed by atoms with Crippen LogP contribution in [-0.2, 0) is 4.79 Å². The van der Waals surface area contributed by atoms with Crippen LogP contribution in [0.1, 0.15) is 88.8 Å². The molecule has 1 heterocycles. The highest BCUT2D eigenvalue weighted by Crippen LogP contribution is 2.43. The molecule has 2 aromatic carbocycles. The van der Waals surface area contributed by atoms with E-state index in [1.165, 1.54) is 60.2 Å². The van der Waals surface area contributed by atoms with Crippen LogP contribution < -0.4 is 15.5 Å². The number of fused-ring (bicyclic) bond motifs is 1. The minimum atomic E-state index is 0.0776. The fourth-order valence-corrected chi connectivity index (χ4v) is 6.63. The SMILES string of the molecule is CCCCC1(CCCC)CSc2ccc(N(C)C)cc2C(c2cccc(NC(=O)CCCCBr)c2)N1. The summed E-state index contributed by atoms with van der Waals surface area (Å²) in [6.07, 6.45) is 9.72. The number of amides is 1.